The summed E-state index contributed by atoms with van der Waals surface area (Å²) in [6.45, 7) is 1.95. The van der Waals surface area contributed by atoms with Crippen molar-refractivity contribution in [3.63, 3.8) is 0 Å². The van der Waals surface area contributed by atoms with Gasteiger partial charge < -0.3 is 4.74 Å². The second kappa shape index (κ2) is 6.52. The number of benzene rings is 2. The van der Waals surface area contributed by atoms with Crippen LogP contribution in [-0.2, 0) is 14.4 Å². The Morgan fingerprint density at radius 3 is 2.41 bits per heavy atom. The maximum Gasteiger partial charge on any atom is 0.324 e. The van der Waals surface area contributed by atoms with E-state index in [1.54, 1.807) is 24.3 Å². The average Bonchev–Trinajstić information content (AvgIpc) is 3.18. The minimum Gasteiger partial charge on any atom is -0.426 e. The monoisotopic (exact) mass is 453 g/mol. The summed E-state index contributed by atoms with van der Waals surface area (Å²) >= 11 is 3.48. The zero-order valence-electron chi connectivity index (χ0n) is 16.0. The standard InChI is InChI=1S/C23H20BrNO4/c1-13-4-7-15(8-5-13)25-20(26)18-19(23(22(25)28)10-2-3-11-23)16-12-14(24)6-9-17(16)29-21(18)27/h4-9,12,18-19H,2-3,10-11H2,1H3/t18-,19+/m0/s1. The summed E-state index contributed by atoms with van der Waals surface area (Å²) in [5, 5.41) is 0. The summed E-state index contributed by atoms with van der Waals surface area (Å²) in [5.74, 6) is -2.28. The molecule has 148 valence electrons. The smallest absolute Gasteiger partial charge is 0.324 e. The van der Waals surface area contributed by atoms with Gasteiger partial charge in [-0.3, -0.25) is 14.4 Å². The highest BCUT2D eigenvalue weighted by Gasteiger charge is 2.64. The van der Waals surface area contributed by atoms with Crippen molar-refractivity contribution in [3.8, 4) is 5.75 Å². The zero-order valence-corrected chi connectivity index (χ0v) is 17.6. The number of carbonyl (C=O) groups excluding carboxylic acids is 3. The van der Waals surface area contributed by atoms with Gasteiger partial charge in [0.2, 0.25) is 11.8 Å². The number of nitrogens with zero attached hydrogens (tertiary/aromatic N) is 1. The molecule has 1 saturated carbocycles. The summed E-state index contributed by atoms with van der Waals surface area (Å²) in [6, 6.07) is 12.7. The molecule has 2 atom stereocenters. The number of piperidine rings is 1. The molecule has 2 aromatic carbocycles. The van der Waals surface area contributed by atoms with Gasteiger partial charge in [-0.15, -0.1) is 0 Å². The Hall–Kier alpha value is -2.47. The first-order valence-corrected chi connectivity index (χ1v) is 10.7. The van der Waals surface area contributed by atoms with E-state index >= 15 is 0 Å². The van der Waals surface area contributed by atoms with Crippen molar-refractivity contribution in [2.75, 3.05) is 4.90 Å². The zero-order chi connectivity index (χ0) is 20.3. The lowest BCUT2D eigenvalue weighted by molar-refractivity contribution is -0.155. The third-order valence-electron chi connectivity index (χ3n) is 6.60. The molecule has 5 nitrogen and oxygen atoms in total. The number of ether oxygens (including phenoxy) is 1. The SMILES string of the molecule is Cc1ccc(N2C(=O)[C@H]3C(=O)Oc4ccc(Br)cc4[C@H]3C3(CCCC3)C2=O)cc1. The van der Waals surface area contributed by atoms with Crippen LogP contribution in [0.2, 0.25) is 0 Å². The van der Waals surface area contributed by atoms with Crippen LogP contribution in [0.25, 0.3) is 0 Å². The molecule has 29 heavy (non-hydrogen) atoms. The molecule has 1 spiro atoms. The van der Waals surface area contributed by atoms with Crippen LogP contribution in [0.4, 0.5) is 5.69 Å². The molecule has 0 N–H and O–H groups in total. The highest BCUT2D eigenvalue weighted by atomic mass is 79.9. The molecule has 2 heterocycles. The number of fused-ring (bicyclic) bond motifs is 4. The van der Waals surface area contributed by atoms with Crippen molar-refractivity contribution in [2.24, 2.45) is 11.3 Å². The second-order valence-corrected chi connectivity index (χ2v) is 9.15. The molecule has 1 saturated heterocycles. The van der Waals surface area contributed by atoms with Gasteiger partial charge in [0.05, 0.1) is 11.1 Å². The van der Waals surface area contributed by atoms with E-state index < -0.39 is 29.1 Å². The Morgan fingerprint density at radius 1 is 1.03 bits per heavy atom. The van der Waals surface area contributed by atoms with E-state index in [2.05, 4.69) is 15.9 Å². The topological polar surface area (TPSA) is 63.7 Å². The van der Waals surface area contributed by atoms with E-state index in [9.17, 15) is 14.4 Å². The Bertz CT molecular complexity index is 1040. The van der Waals surface area contributed by atoms with Gasteiger partial charge in [-0.1, -0.05) is 46.5 Å². The number of hydrogen-bond acceptors (Lipinski definition) is 4. The number of esters is 1. The summed E-state index contributed by atoms with van der Waals surface area (Å²) < 4.78 is 6.38. The number of amides is 2. The van der Waals surface area contributed by atoms with E-state index in [4.69, 9.17) is 4.74 Å². The fraction of sp³-hybridized carbons (Fsp3) is 0.348. The van der Waals surface area contributed by atoms with Crippen molar-refractivity contribution in [1.82, 2.24) is 0 Å². The maximum atomic E-state index is 13.8. The first-order valence-electron chi connectivity index (χ1n) is 9.88. The van der Waals surface area contributed by atoms with Crippen LogP contribution in [-0.4, -0.2) is 17.8 Å². The Balaban J connectivity index is 1.71. The number of carbonyl (C=O) groups is 3. The van der Waals surface area contributed by atoms with E-state index in [-0.39, 0.29) is 5.91 Å². The number of aryl methyl sites for hydroxylation is 1. The summed E-state index contributed by atoms with van der Waals surface area (Å²) in [5.41, 5.74) is 1.56. The third kappa shape index (κ3) is 2.61. The number of rotatable bonds is 1. The molecule has 3 aliphatic rings. The van der Waals surface area contributed by atoms with Crippen LogP contribution in [0.3, 0.4) is 0 Å². The molecule has 0 unspecified atom stereocenters. The van der Waals surface area contributed by atoms with Gasteiger partial charge in [0.1, 0.15) is 11.7 Å². The fourth-order valence-corrected chi connectivity index (χ4v) is 5.65. The summed E-state index contributed by atoms with van der Waals surface area (Å²) in [6.07, 6.45) is 3.15. The lowest BCUT2D eigenvalue weighted by Crippen LogP contribution is -2.62. The molecule has 0 bridgehead atoms. The predicted molar refractivity (Wildman–Crippen MR) is 111 cm³/mol. The highest BCUT2D eigenvalue weighted by molar-refractivity contribution is 9.10. The first kappa shape index (κ1) is 18.6. The van der Waals surface area contributed by atoms with Crippen molar-refractivity contribution in [2.45, 2.75) is 38.5 Å². The van der Waals surface area contributed by atoms with Crippen LogP contribution >= 0.6 is 15.9 Å². The molecule has 2 aliphatic heterocycles. The molecule has 2 aromatic rings. The van der Waals surface area contributed by atoms with Crippen molar-refractivity contribution in [1.29, 1.82) is 0 Å². The van der Waals surface area contributed by atoms with Gasteiger partial charge in [0, 0.05) is 16.0 Å². The van der Waals surface area contributed by atoms with Crippen molar-refractivity contribution in [3.05, 3.63) is 58.1 Å². The lowest BCUT2D eigenvalue weighted by atomic mass is 9.60. The van der Waals surface area contributed by atoms with E-state index in [0.717, 1.165) is 28.4 Å². The highest BCUT2D eigenvalue weighted by Crippen LogP contribution is 2.59. The van der Waals surface area contributed by atoms with Gasteiger partial charge in [-0.05, 0) is 50.1 Å². The third-order valence-corrected chi connectivity index (χ3v) is 7.10. The van der Waals surface area contributed by atoms with Gasteiger partial charge in [-0.25, -0.2) is 4.90 Å². The van der Waals surface area contributed by atoms with Gasteiger partial charge in [-0.2, -0.15) is 0 Å². The Kier molecular flexibility index (Phi) is 4.17. The minimum absolute atomic E-state index is 0.189. The van der Waals surface area contributed by atoms with Crippen LogP contribution in [0, 0.1) is 18.3 Å². The second-order valence-electron chi connectivity index (χ2n) is 8.24. The quantitative estimate of drug-likeness (QED) is 0.275. The maximum absolute atomic E-state index is 13.8. The number of anilines is 1. The summed E-state index contributed by atoms with van der Waals surface area (Å²) in [4.78, 5) is 41.5. The number of imide groups is 1. The van der Waals surface area contributed by atoms with Crippen LogP contribution in [0.15, 0.2) is 46.9 Å². The van der Waals surface area contributed by atoms with Gasteiger partial charge >= 0.3 is 5.97 Å². The molecular formula is C23H20BrNO4. The molecule has 2 amide bonds. The Labute approximate surface area is 177 Å². The lowest BCUT2D eigenvalue weighted by Gasteiger charge is -2.49. The normalized spacial score (nSPS) is 25.0. The van der Waals surface area contributed by atoms with E-state index in [1.807, 2.05) is 25.1 Å². The van der Waals surface area contributed by atoms with Crippen LogP contribution < -0.4 is 9.64 Å². The summed E-state index contributed by atoms with van der Waals surface area (Å²) in [7, 11) is 0. The minimum atomic E-state index is -1.01. The molecule has 0 radical (unpaired) electrons. The van der Waals surface area contributed by atoms with E-state index in [1.165, 1.54) is 4.90 Å². The fourth-order valence-electron chi connectivity index (χ4n) is 5.27. The molecule has 1 aliphatic carbocycles. The first-order chi connectivity index (χ1) is 13.9. The molecule has 6 heteroatoms. The Morgan fingerprint density at radius 2 is 1.72 bits per heavy atom. The predicted octanol–water partition coefficient (Wildman–Crippen LogP) is 4.51. The molecule has 0 aromatic heterocycles. The van der Waals surface area contributed by atoms with E-state index in [0.29, 0.717) is 24.3 Å². The number of halogens is 1. The van der Waals surface area contributed by atoms with Gasteiger partial charge in [0.15, 0.2) is 0 Å². The average molecular weight is 454 g/mol. The molecular weight excluding hydrogens is 434 g/mol. The molecule has 2 fully saturated rings. The van der Waals surface area contributed by atoms with Crippen molar-refractivity contribution < 1.29 is 19.1 Å². The van der Waals surface area contributed by atoms with Gasteiger partial charge in [0.25, 0.3) is 0 Å². The number of hydrogen-bond donors (Lipinski definition) is 0. The van der Waals surface area contributed by atoms with Crippen molar-refractivity contribution >= 4 is 39.4 Å². The molecule has 5 rings (SSSR count). The van der Waals surface area contributed by atoms with Crippen LogP contribution in [0.5, 0.6) is 5.75 Å². The van der Waals surface area contributed by atoms with Crippen LogP contribution in [0.1, 0.15) is 42.7 Å². The largest absolute Gasteiger partial charge is 0.426 e.